The van der Waals surface area contributed by atoms with Crippen LogP contribution in [0.5, 0.6) is 0 Å². The first-order valence-corrected chi connectivity index (χ1v) is 14.8. The molecule has 0 fully saturated rings. The van der Waals surface area contributed by atoms with Crippen LogP contribution in [0, 0.1) is 0 Å². The van der Waals surface area contributed by atoms with Crippen molar-refractivity contribution < 1.29 is 4.89 Å². The minimum absolute atomic E-state index is 0.911. The molecule has 3 nitrogen and oxygen atoms in total. The summed E-state index contributed by atoms with van der Waals surface area (Å²) in [7, 11) is -1.64. The average Bonchev–Trinajstić information content (AvgIpc) is 3.63. The molecule has 4 heteroatoms. The Morgan fingerprint density at radius 3 is 1.05 bits per heavy atom. The number of fused-ring (bicyclic) bond motifs is 9. The van der Waals surface area contributed by atoms with E-state index in [1.54, 1.807) is 0 Å². The van der Waals surface area contributed by atoms with Crippen molar-refractivity contribution in [3.63, 3.8) is 0 Å². The molecule has 0 spiro atoms. The lowest BCUT2D eigenvalue weighted by molar-refractivity contribution is -0.148. The second kappa shape index (κ2) is 8.09. The molecule has 9 rings (SSSR count). The number of para-hydroxylation sites is 4. The minimum Gasteiger partial charge on any atom is -0.807 e. The van der Waals surface area contributed by atoms with Crippen molar-refractivity contribution in [2.45, 2.75) is 0 Å². The van der Waals surface area contributed by atoms with E-state index < -0.39 is 7.76 Å². The summed E-state index contributed by atoms with van der Waals surface area (Å²) in [6.45, 7) is 0. The molecule has 0 aliphatic heterocycles. The van der Waals surface area contributed by atoms with Gasteiger partial charge in [0, 0.05) is 32.9 Å². The number of nitrogens with zero attached hydrogens (tertiary/aromatic N) is 2. The summed E-state index contributed by atoms with van der Waals surface area (Å²) in [5.41, 5.74) is 6.84. The Balaban J connectivity index is 1.34. The maximum atomic E-state index is 13.7. The van der Waals surface area contributed by atoms with E-state index in [9.17, 15) is 4.89 Å². The summed E-state index contributed by atoms with van der Waals surface area (Å²) in [6, 6.07) is 47.0. The highest BCUT2D eigenvalue weighted by molar-refractivity contribution is 7.54. The maximum Gasteiger partial charge on any atom is 0.0541 e. The van der Waals surface area contributed by atoms with Crippen LogP contribution in [-0.2, 0) is 0 Å². The molecule has 3 aromatic heterocycles. The number of aromatic nitrogens is 2. The van der Waals surface area contributed by atoms with Crippen LogP contribution < -0.4 is 4.89 Å². The topological polar surface area (TPSA) is 32.9 Å². The van der Waals surface area contributed by atoms with Gasteiger partial charge in [0.05, 0.1) is 22.1 Å². The molecule has 6 aromatic carbocycles. The van der Waals surface area contributed by atoms with Gasteiger partial charge in [0.15, 0.2) is 0 Å². The van der Waals surface area contributed by atoms with Crippen molar-refractivity contribution in [1.82, 2.24) is 9.13 Å². The second-order valence-electron chi connectivity index (χ2n) is 10.4. The van der Waals surface area contributed by atoms with E-state index >= 15 is 0 Å². The Hall–Kier alpha value is -4.82. The predicted octanol–water partition coefficient (Wildman–Crippen LogP) is 9.30. The quantitative estimate of drug-likeness (QED) is 0.220. The third-order valence-electron chi connectivity index (χ3n) is 8.36. The monoisotopic (exact) mass is 529 g/mol. The molecule has 0 atom stereocenters. The molecule has 40 heavy (non-hydrogen) atoms. The number of benzene rings is 6. The number of rotatable bonds is 2. The summed E-state index contributed by atoms with van der Waals surface area (Å²) in [5, 5.41) is 8.87. The summed E-state index contributed by atoms with van der Waals surface area (Å²) in [5.74, 6) is 0. The molecule has 0 saturated carbocycles. The second-order valence-corrected chi connectivity index (χ2v) is 12.0. The summed E-state index contributed by atoms with van der Waals surface area (Å²) < 4.78 is 4.65. The lowest BCUT2D eigenvalue weighted by Crippen LogP contribution is -1.94. The Morgan fingerprint density at radius 2 is 0.700 bits per heavy atom. The van der Waals surface area contributed by atoms with Gasteiger partial charge in [0.25, 0.3) is 0 Å². The van der Waals surface area contributed by atoms with Crippen molar-refractivity contribution in [3.05, 3.63) is 133 Å². The first-order valence-electron chi connectivity index (χ1n) is 13.5. The lowest BCUT2D eigenvalue weighted by Gasteiger charge is -2.10. The normalized spacial score (nSPS) is 12.1. The van der Waals surface area contributed by atoms with Gasteiger partial charge >= 0.3 is 0 Å². The van der Waals surface area contributed by atoms with Crippen molar-refractivity contribution in [2.75, 3.05) is 0 Å². The van der Waals surface area contributed by atoms with Crippen molar-refractivity contribution in [1.29, 1.82) is 0 Å². The first-order chi connectivity index (χ1) is 19.8. The van der Waals surface area contributed by atoms with Crippen LogP contribution in [0.15, 0.2) is 133 Å². The zero-order valence-electron chi connectivity index (χ0n) is 21.5. The first kappa shape index (κ1) is 22.0. The molecular formula is C36H22N2OP-. The highest BCUT2D eigenvalue weighted by Gasteiger charge is 2.16. The van der Waals surface area contributed by atoms with Crippen LogP contribution in [-0.4, -0.2) is 9.13 Å². The van der Waals surface area contributed by atoms with Crippen molar-refractivity contribution >= 4 is 72.4 Å². The van der Waals surface area contributed by atoms with Gasteiger partial charge in [-0.05, 0) is 81.7 Å². The van der Waals surface area contributed by atoms with Crippen LogP contribution in [0.4, 0.5) is 0 Å². The fourth-order valence-electron chi connectivity index (χ4n) is 6.64. The summed E-state index contributed by atoms with van der Waals surface area (Å²) in [4.78, 5) is 13.7. The van der Waals surface area contributed by atoms with Gasteiger partial charge in [-0.1, -0.05) is 72.8 Å². The van der Waals surface area contributed by atoms with Gasteiger partial charge < -0.3 is 14.0 Å². The fraction of sp³-hybridized carbons (Fsp3) is 0. The van der Waals surface area contributed by atoms with E-state index in [0.29, 0.717) is 0 Å². The average molecular weight is 530 g/mol. The largest absolute Gasteiger partial charge is 0.807 e. The van der Waals surface area contributed by atoms with E-state index in [-0.39, 0.29) is 0 Å². The zero-order valence-corrected chi connectivity index (χ0v) is 22.3. The van der Waals surface area contributed by atoms with E-state index in [2.05, 4.69) is 143 Å². The van der Waals surface area contributed by atoms with Crippen LogP contribution in [0.1, 0.15) is 0 Å². The minimum atomic E-state index is -1.64. The molecule has 0 aliphatic carbocycles. The molecule has 0 amide bonds. The Bertz CT molecular complexity index is 2180. The highest BCUT2D eigenvalue weighted by Crippen LogP contribution is 2.46. The molecule has 9 aromatic rings. The fourth-order valence-corrected chi connectivity index (χ4v) is 8.13. The predicted molar refractivity (Wildman–Crippen MR) is 168 cm³/mol. The molecule has 0 bridgehead atoms. The van der Waals surface area contributed by atoms with Crippen LogP contribution in [0.25, 0.3) is 76.0 Å². The Morgan fingerprint density at radius 1 is 0.375 bits per heavy atom. The van der Waals surface area contributed by atoms with E-state index in [4.69, 9.17) is 0 Å². The molecule has 188 valence electrons. The van der Waals surface area contributed by atoms with E-state index in [1.165, 1.54) is 43.6 Å². The van der Waals surface area contributed by atoms with Gasteiger partial charge in [-0.15, -0.1) is 0 Å². The van der Waals surface area contributed by atoms with Crippen LogP contribution in [0.3, 0.4) is 0 Å². The molecule has 3 heterocycles. The summed E-state index contributed by atoms with van der Waals surface area (Å²) in [6.07, 6.45) is 0. The standard InChI is InChI=1S/C36H22N2OP/c39-40-35-19-17-23(37-31-13-5-1-9-25(31)26-10-2-6-14-32(26)37)21-29(35)30-22-24(18-20-36(30)40)38-33-15-7-3-11-27(33)28-12-4-8-16-34(28)38/h1-22H/q-1. The molecule has 0 aliphatic rings. The van der Waals surface area contributed by atoms with Gasteiger partial charge in [-0.2, -0.15) is 7.76 Å². The highest BCUT2D eigenvalue weighted by atomic mass is 31.1. The van der Waals surface area contributed by atoms with Crippen LogP contribution in [0.2, 0.25) is 0 Å². The third-order valence-corrected chi connectivity index (χ3v) is 10.0. The van der Waals surface area contributed by atoms with Crippen LogP contribution >= 0.6 is 7.76 Å². The SMILES string of the molecule is [O-]p1c2ccc(-n3c4ccccc4c4ccccc43)cc2c2cc(-n3c4ccccc4c4ccccc43)ccc21. The van der Waals surface area contributed by atoms with Crippen molar-refractivity contribution in [3.8, 4) is 11.4 Å². The number of hydrogen-bond donors (Lipinski definition) is 0. The Labute approximate surface area is 230 Å². The molecular weight excluding hydrogens is 507 g/mol. The van der Waals surface area contributed by atoms with E-state index in [0.717, 1.165) is 32.4 Å². The third kappa shape index (κ3) is 2.88. The number of hydrogen-bond acceptors (Lipinski definition) is 1. The zero-order chi connectivity index (χ0) is 26.4. The van der Waals surface area contributed by atoms with Gasteiger partial charge in [0.1, 0.15) is 0 Å². The Kier molecular flexibility index (Phi) is 4.46. The summed E-state index contributed by atoms with van der Waals surface area (Å²) >= 11 is 0. The molecule has 0 N–H and O–H groups in total. The van der Waals surface area contributed by atoms with E-state index in [1.807, 2.05) is 0 Å². The molecule has 0 saturated heterocycles. The smallest absolute Gasteiger partial charge is 0.0541 e. The van der Waals surface area contributed by atoms with Gasteiger partial charge in [-0.3, -0.25) is 0 Å². The van der Waals surface area contributed by atoms with Gasteiger partial charge in [0.2, 0.25) is 0 Å². The molecule has 0 radical (unpaired) electrons. The molecule has 0 unspecified atom stereocenters. The lowest BCUT2D eigenvalue weighted by atomic mass is 10.1. The van der Waals surface area contributed by atoms with Crippen molar-refractivity contribution in [2.24, 2.45) is 0 Å². The maximum absolute atomic E-state index is 13.7. The van der Waals surface area contributed by atoms with Gasteiger partial charge in [-0.25, -0.2) is 0 Å².